The number of nitrogens with one attached hydrogen (secondary N) is 1. The molecule has 0 aromatic heterocycles. The lowest BCUT2D eigenvalue weighted by Crippen LogP contribution is -2.15. The van der Waals surface area contributed by atoms with Crippen molar-refractivity contribution in [3.63, 3.8) is 0 Å². The van der Waals surface area contributed by atoms with Crippen LogP contribution in [0.1, 0.15) is 26.7 Å². The summed E-state index contributed by atoms with van der Waals surface area (Å²) in [6.45, 7) is 3.92. The topological polar surface area (TPSA) is 12.0 Å². The maximum atomic E-state index is 12.8. The summed E-state index contributed by atoms with van der Waals surface area (Å²) in [6, 6.07) is 2.04. The van der Waals surface area contributed by atoms with Gasteiger partial charge in [0.05, 0.1) is 0 Å². The summed E-state index contributed by atoms with van der Waals surface area (Å²) < 4.78 is 38.3. The van der Waals surface area contributed by atoms with Crippen molar-refractivity contribution in [1.82, 2.24) is 0 Å². The Hall–Kier alpha value is -1.19. The summed E-state index contributed by atoms with van der Waals surface area (Å²) in [7, 11) is 0. The second-order valence-electron chi connectivity index (χ2n) is 3.59. The number of anilines is 1. The third-order valence-corrected chi connectivity index (χ3v) is 2.12. The van der Waals surface area contributed by atoms with Gasteiger partial charge in [-0.3, -0.25) is 0 Å². The fourth-order valence-corrected chi connectivity index (χ4v) is 1.43. The lowest BCUT2D eigenvalue weighted by Gasteiger charge is -2.14. The zero-order chi connectivity index (χ0) is 11.4. The van der Waals surface area contributed by atoms with Gasteiger partial charge in [0.1, 0.15) is 0 Å². The van der Waals surface area contributed by atoms with E-state index in [9.17, 15) is 13.2 Å². The van der Waals surface area contributed by atoms with Gasteiger partial charge in [-0.1, -0.05) is 13.3 Å². The van der Waals surface area contributed by atoms with Gasteiger partial charge in [0.25, 0.3) is 0 Å². The van der Waals surface area contributed by atoms with Crippen LogP contribution in [0.2, 0.25) is 0 Å². The highest BCUT2D eigenvalue weighted by Crippen LogP contribution is 2.18. The van der Waals surface area contributed by atoms with E-state index in [0.717, 1.165) is 25.0 Å². The Morgan fingerprint density at radius 1 is 1.20 bits per heavy atom. The first-order chi connectivity index (χ1) is 7.04. The van der Waals surface area contributed by atoms with Crippen molar-refractivity contribution < 1.29 is 13.2 Å². The molecule has 1 aromatic rings. The molecule has 0 amide bonds. The summed E-state index contributed by atoms with van der Waals surface area (Å²) in [5, 5.41) is 2.90. The third kappa shape index (κ3) is 3.15. The molecule has 1 atom stereocenters. The molecule has 1 N–H and O–H groups in total. The minimum Gasteiger partial charge on any atom is -0.382 e. The molecule has 0 saturated heterocycles. The standard InChI is InChI=1S/C11H14F3N/c1-3-4-7(2)15-8-5-9(12)11(14)10(13)6-8/h5-7,15H,3-4H2,1-2H3. The third-order valence-electron chi connectivity index (χ3n) is 2.12. The summed E-state index contributed by atoms with van der Waals surface area (Å²) >= 11 is 0. The van der Waals surface area contributed by atoms with Crippen LogP contribution in [0.25, 0.3) is 0 Å². The highest BCUT2D eigenvalue weighted by molar-refractivity contribution is 5.44. The molecule has 0 heterocycles. The van der Waals surface area contributed by atoms with Gasteiger partial charge in [-0.15, -0.1) is 0 Å². The Morgan fingerprint density at radius 2 is 1.73 bits per heavy atom. The molecule has 1 rings (SSSR count). The Morgan fingerprint density at radius 3 is 2.20 bits per heavy atom. The summed E-state index contributed by atoms with van der Waals surface area (Å²) in [5.74, 6) is -3.76. The van der Waals surface area contributed by atoms with Crippen molar-refractivity contribution in [1.29, 1.82) is 0 Å². The van der Waals surface area contributed by atoms with E-state index in [4.69, 9.17) is 0 Å². The van der Waals surface area contributed by atoms with Gasteiger partial charge in [-0.2, -0.15) is 0 Å². The number of benzene rings is 1. The fourth-order valence-electron chi connectivity index (χ4n) is 1.43. The van der Waals surface area contributed by atoms with Crippen molar-refractivity contribution in [3.8, 4) is 0 Å². The minimum atomic E-state index is -1.43. The van der Waals surface area contributed by atoms with E-state index in [1.165, 1.54) is 0 Å². The van der Waals surface area contributed by atoms with E-state index in [2.05, 4.69) is 5.32 Å². The maximum absolute atomic E-state index is 12.8. The normalized spacial score (nSPS) is 12.6. The molecule has 0 fully saturated rings. The van der Waals surface area contributed by atoms with Gasteiger partial charge in [0.2, 0.25) is 0 Å². The lowest BCUT2D eigenvalue weighted by molar-refractivity contribution is 0.447. The van der Waals surface area contributed by atoms with Crippen LogP contribution < -0.4 is 5.32 Å². The van der Waals surface area contributed by atoms with Crippen molar-refractivity contribution >= 4 is 5.69 Å². The monoisotopic (exact) mass is 217 g/mol. The Kier molecular flexibility index (Phi) is 4.00. The molecule has 1 nitrogen and oxygen atoms in total. The van der Waals surface area contributed by atoms with E-state index in [1.54, 1.807) is 0 Å². The number of rotatable bonds is 4. The predicted octanol–water partition coefficient (Wildman–Crippen LogP) is 3.70. The molecule has 0 spiro atoms. The SMILES string of the molecule is CCCC(C)Nc1cc(F)c(F)c(F)c1. The quantitative estimate of drug-likeness (QED) is 0.758. The van der Waals surface area contributed by atoms with Crippen LogP contribution >= 0.6 is 0 Å². The summed E-state index contributed by atoms with van der Waals surface area (Å²) in [5.41, 5.74) is 0.271. The molecule has 0 aliphatic rings. The average molecular weight is 217 g/mol. The first-order valence-electron chi connectivity index (χ1n) is 4.95. The second kappa shape index (κ2) is 5.05. The van der Waals surface area contributed by atoms with Gasteiger partial charge in [-0.05, 0) is 13.3 Å². The van der Waals surface area contributed by atoms with Crippen LogP contribution in [-0.2, 0) is 0 Å². The number of halogens is 3. The van der Waals surface area contributed by atoms with Crippen LogP contribution in [-0.4, -0.2) is 6.04 Å². The van der Waals surface area contributed by atoms with Crippen LogP contribution in [0.3, 0.4) is 0 Å². The van der Waals surface area contributed by atoms with Crippen molar-refractivity contribution in [2.75, 3.05) is 5.32 Å². The zero-order valence-corrected chi connectivity index (χ0v) is 8.78. The van der Waals surface area contributed by atoms with Gasteiger partial charge < -0.3 is 5.32 Å². The highest BCUT2D eigenvalue weighted by atomic mass is 19.2. The molecule has 0 radical (unpaired) electrons. The van der Waals surface area contributed by atoms with Crippen LogP contribution in [0.4, 0.5) is 18.9 Å². The molecular formula is C11H14F3N. The van der Waals surface area contributed by atoms with E-state index in [-0.39, 0.29) is 11.7 Å². The number of hydrogen-bond donors (Lipinski definition) is 1. The Balaban J connectivity index is 2.78. The maximum Gasteiger partial charge on any atom is 0.194 e. The first kappa shape index (κ1) is 11.9. The molecule has 1 aromatic carbocycles. The smallest absolute Gasteiger partial charge is 0.194 e. The molecular weight excluding hydrogens is 203 g/mol. The average Bonchev–Trinajstić information content (AvgIpc) is 2.14. The molecule has 84 valence electrons. The van der Waals surface area contributed by atoms with Gasteiger partial charge in [-0.25, -0.2) is 13.2 Å². The molecule has 0 aliphatic heterocycles. The van der Waals surface area contributed by atoms with Gasteiger partial charge in [0.15, 0.2) is 17.5 Å². The van der Waals surface area contributed by atoms with Crippen LogP contribution in [0.5, 0.6) is 0 Å². The van der Waals surface area contributed by atoms with E-state index in [0.29, 0.717) is 0 Å². The molecule has 0 aliphatic carbocycles. The molecule has 0 bridgehead atoms. The summed E-state index contributed by atoms with van der Waals surface area (Å²) in [4.78, 5) is 0. The van der Waals surface area contributed by atoms with Gasteiger partial charge in [0, 0.05) is 23.9 Å². The van der Waals surface area contributed by atoms with Crippen molar-refractivity contribution in [2.24, 2.45) is 0 Å². The molecule has 4 heteroatoms. The molecule has 0 saturated carbocycles. The largest absolute Gasteiger partial charge is 0.382 e. The van der Waals surface area contributed by atoms with E-state index in [1.807, 2.05) is 13.8 Å². The minimum absolute atomic E-state index is 0.110. The van der Waals surface area contributed by atoms with E-state index >= 15 is 0 Å². The molecule has 1 unspecified atom stereocenters. The predicted molar refractivity (Wildman–Crippen MR) is 54.3 cm³/mol. The Bertz CT molecular complexity index is 316. The summed E-state index contributed by atoms with van der Waals surface area (Å²) in [6.07, 6.45) is 1.86. The highest BCUT2D eigenvalue weighted by Gasteiger charge is 2.11. The second-order valence-corrected chi connectivity index (χ2v) is 3.59. The van der Waals surface area contributed by atoms with Crippen LogP contribution in [0, 0.1) is 17.5 Å². The number of hydrogen-bond acceptors (Lipinski definition) is 1. The first-order valence-corrected chi connectivity index (χ1v) is 4.95. The zero-order valence-electron chi connectivity index (χ0n) is 8.78. The van der Waals surface area contributed by atoms with E-state index < -0.39 is 17.5 Å². The molecule has 15 heavy (non-hydrogen) atoms. The van der Waals surface area contributed by atoms with Crippen LogP contribution in [0.15, 0.2) is 12.1 Å². The van der Waals surface area contributed by atoms with Crippen molar-refractivity contribution in [3.05, 3.63) is 29.6 Å². The fraction of sp³-hybridized carbons (Fsp3) is 0.455. The van der Waals surface area contributed by atoms with Crippen molar-refractivity contribution in [2.45, 2.75) is 32.7 Å². The Labute approximate surface area is 87.3 Å². The lowest BCUT2D eigenvalue weighted by atomic mass is 10.2. The van der Waals surface area contributed by atoms with Gasteiger partial charge >= 0.3 is 0 Å².